The molecule has 0 aliphatic heterocycles. The number of benzene rings is 1. The number of carbonyl (C=O) groups excluding carboxylic acids is 1. The molecule has 1 fully saturated rings. The van der Waals surface area contributed by atoms with E-state index in [1.165, 1.54) is 0 Å². The predicted octanol–water partition coefficient (Wildman–Crippen LogP) is 2.50. The Kier molecular flexibility index (Phi) is 6.75. The standard InChI is InChI=1S/C23H29N7O2/c1-15-9-18(22-27-29-30(28-22)14-17-6-3-7-19(24)10-17)12-21(26-15)23(31)25-13-16-5-4-8-20(11-16)32-2/h4-5,8-9,11-12,17,19H,3,6-7,10,13-14,24H2,1-2H3,(H,25,31)/t17-,19-/m1/s1. The fourth-order valence-electron chi connectivity index (χ4n) is 4.13. The third-order valence-electron chi connectivity index (χ3n) is 5.73. The molecule has 3 aromatic rings. The Bertz CT molecular complexity index is 1080. The van der Waals surface area contributed by atoms with E-state index >= 15 is 0 Å². The zero-order valence-electron chi connectivity index (χ0n) is 18.5. The van der Waals surface area contributed by atoms with Gasteiger partial charge in [-0.3, -0.25) is 4.79 Å². The lowest BCUT2D eigenvalue weighted by Crippen LogP contribution is -2.30. The molecule has 0 spiro atoms. The van der Waals surface area contributed by atoms with Crippen molar-refractivity contribution in [2.24, 2.45) is 11.7 Å². The number of nitrogens with one attached hydrogen (secondary N) is 1. The Hall–Kier alpha value is -3.33. The van der Waals surface area contributed by atoms with E-state index in [1.54, 1.807) is 18.0 Å². The second kappa shape index (κ2) is 9.86. The van der Waals surface area contributed by atoms with E-state index in [0.29, 0.717) is 36.2 Å². The Balaban J connectivity index is 1.44. The summed E-state index contributed by atoms with van der Waals surface area (Å²) in [6.45, 7) is 2.92. The lowest BCUT2D eigenvalue weighted by atomic mass is 9.86. The number of rotatable bonds is 7. The number of carbonyl (C=O) groups is 1. The van der Waals surface area contributed by atoms with Crippen LogP contribution in [0.5, 0.6) is 5.75 Å². The summed E-state index contributed by atoms with van der Waals surface area (Å²) in [7, 11) is 1.62. The van der Waals surface area contributed by atoms with E-state index in [0.717, 1.165) is 42.6 Å². The van der Waals surface area contributed by atoms with Gasteiger partial charge in [-0.15, -0.1) is 10.2 Å². The third kappa shape index (κ3) is 5.47. The smallest absolute Gasteiger partial charge is 0.270 e. The molecule has 168 valence electrons. The van der Waals surface area contributed by atoms with Gasteiger partial charge in [-0.1, -0.05) is 18.6 Å². The summed E-state index contributed by atoms with van der Waals surface area (Å²) in [5, 5.41) is 15.9. The lowest BCUT2D eigenvalue weighted by molar-refractivity contribution is 0.0945. The Labute approximate surface area is 187 Å². The lowest BCUT2D eigenvalue weighted by Gasteiger charge is -2.25. The van der Waals surface area contributed by atoms with Crippen molar-refractivity contribution in [2.75, 3.05) is 7.11 Å². The maximum absolute atomic E-state index is 12.7. The number of hydrogen-bond donors (Lipinski definition) is 2. The molecule has 0 radical (unpaired) electrons. The van der Waals surface area contributed by atoms with E-state index in [2.05, 4.69) is 25.7 Å². The highest BCUT2D eigenvalue weighted by Gasteiger charge is 2.21. The maximum Gasteiger partial charge on any atom is 0.270 e. The largest absolute Gasteiger partial charge is 0.497 e. The van der Waals surface area contributed by atoms with Crippen molar-refractivity contribution < 1.29 is 9.53 Å². The van der Waals surface area contributed by atoms with Crippen molar-refractivity contribution >= 4 is 5.91 Å². The quantitative estimate of drug-likeness (QED) is 0.585. The zero-order chi connectivity index (χ0) is 22.5. The summed E-state index contributed by atoms with van der Waals surface area (Å²) in [6.07, 6.45) is 4.36. The highest BCUT2D eigenvalue weighted by Crippen LogP contribution is 2.24. The first-order valence-electron chi connectivity index (χ1n) is 10.9. The van der Waals surface area contributed by atoms with E-state index in [4.69, 9.17) is 10.5 Å². The predicted molar refractivity (Wildman–Crippen MR) is 120 cm³/mol. The van der Waals surface area contributed by atoms with Gasteiger partial charge in [0.25, 0.3) is 5.91 Å². The van der Waals surface area contributed by atoms with Gasteiger partial charge in [-0.2, -0.15) is 4.80 Å². The monoisotopic (exact) mass is 435 g/mol. The molecule has 2 heterocycles. The van der Waals surface area contributed by atoms with Gasteiger partial charge in [-0.05, 0) is 67.1 Å². The van der Waals surface area contributed by atoms with Crippen LogP contribution in [-0.2, 0) is 13.1 Å². The Morgan fingerprint density at radius 3 is 2.97 bits per heavy atom. The van der Waals surface area contributed by atoms with Crippen LogP contribution in [0.1, 0.15) is 47.4 Å². The first-order chi connectivity index (χ1) is 15.5. The molecule has 32 heavy (non-hydrogen) atoms. The Morgan fingerprint density at radius 1 is 1.28 bits per heavy atom. The van der Waals surface area contributed by atoms with E-state index < -0.39 is 0 Å². The number of amides is 1. The topological polar surface area (TPSA) is 121 Å². The number of aromatic nitrogens is 5. The van der Waals surface area contributed by atoms with Gasteiger partial charge in [0.05, 0.1) is 13.7 Å². The first-order valence-corrected chi connectivity index (χ1v) is 10.9. The third-order valence-corrected chi connectivity index (χ3v) is 5.73. The number of nitrogens with two attached hydrogens (primary N) is 1. The normalized spacial score (nSPS) is 18.3. The van der Waals surface area contributed by atoms with Crippen LogP contribution in [0, 0.1) is 12.8 Å². The molecule has 4 rings (SSSR count). The second-order valence-electron chi connectivity index (χ2n) is 8.38. The van der Waals surface area contributed by atoms with Gasteiger partial charge in [0.2, 0.25) is 5.82 Å². The minimum atomic E-state index is -0.263. The number of tetrazole rings is 1. The molecule has 1 aliphatic carbocycles. The van der Waals surface area contributed by atoms with Crippen LogP contribution in [0.2, 0.25) is 0 Å². The summed E-state index contributed by atoms with van der Waals surface area (Å²) < 4.78 is 5.23. The average molecular weight is 436 g/mol. The molecule has 1 aromatic carbocycles. The van der Waals surface area contributed by atoms with Crippen molar-refractivity contribution in [3.8, 4) is 17.1 Å². The summed E-state index contributed by atoms with van der Waals surface area (Å²) >= 11 is 0. The van der Waals surface area contributed by atoms with E-state index in [-0.39, 0.29) is 11.9 Å². The molecule has 0 saturated heterocycles. The second-order valence-corrected chi connectivity index (χ2v) is 8.38. The van der Waals surface area contributed by atoms with Crippen LogP contribution in [0.4, 0.5) is 0 Å². The van der Waals surface area contributed by atoms with E-state index in [9.17, 15) is 4.79 Å². The molecule has 1 aliphatic rings. The number of nitrogens with zero attached hydrogens (tertiary/aromatic N) is 5. The minimum Gasteiger partial charge on any atom is -0.497 e. The zero-order valence-corrected chi connectivity index (χ0v) is 18.5. The first kappa shape index (κ1) is 21.9. The molecule has 9 heteroatoms. The van der Waals surface area contributed by atoms with Gasteiger partial charge in [-0.25, -0.2) is 4.98 Å². The highest BCUT2D eigenvalue weighted by atomic mass is 16.5. The fraction of sp³-hybridized carbons (Fsp3) is 0.435. The molecule has 2 aromatic heterocycles. The summed E-state index contributed by atoms with van der Waals surface area (Å²) in [4.78, 5) is 18.7. The van der Waals surface area contributed by atoms with Gasteiger partial charge < -0.3 is 15.8 Å². The summed E-state index contributed by atoms with van der Waals surface area (Å²) in [5.41, 5.74) is 8.79. The number of aryl methyl sites for hydroxylation is 1. The van der Waals surface area contributed by atoms with Crippen LogP contribution in [-0.4, -0.2) is 44.3 Å². The SMILES string of the molecule is COc1cccc(CNC(=O)c2cc(-c3nnn(C[C@@H]4CCC[C@@H](N)C4)n3)cc(C)n2)c1. The Morgan fingerprint density at radius 2 is 2.16 bits per heavy atom. The minimum absolute atomic E-state index is 0.262. The summed E-state index contributed by atoms with van der Waals surface area (Å²) in [6, 6.07) is 11.4. The molecule has 2 atom stereocenters. The van der Waals surface area contributed by atoms with Gasteiger partial charge in [0.1, 0.15) is 11.4 Å². The van der Waals surface area contributed by atoms with Crippen LogP contribution < -0.4 is 15.8 Å². The van der Waals surface area contributed by atoms with Crippen molar-refractivity contribution in [3.05, 3.63) is 53.3 Å². The molecule has 0 bridgehead atoms. The average Bonchev–Trinajstić information content (AvgIpc) is 3.25. The molecule has 0 unspecified atom stereocenters. The molecular weight excluding hydrogens is 406 g/mol. The summed E-state index contributed by atoms with van der Waals surface area (Å²) in [5.74, 6) is 1.44. The van der Waals surface area contributed by atoms with Gasteiger partial charge in [0.15, 0.2) is 0 Å². The highest BCUT2D eigenvalue weighted by molar-refractivity contribution is 5.93. The van der Waals surface area contributed by atoms with Crippen LogP contribution in [0.15, 0.2) is 36.4 Å². The van der Waals surface area contributed by atoms with Crippen LogP contribution >= 0.6 is 0 Å². The van der Waals surface area contributed by atoms with Crippen LogP contribution in [0.3, 0.4) is 0 Å². The molecule has 3 N–H and O–H groups in total. The number of pyridine rings is 1. The van der Waals surface area contributed by atoms with Crippen molar-refractivity contribution in [3.63, 3.8) is 0 Å². The molecule has 1 amide bonds. The number of methoxy groups -OCH3 is 1. The van der Waals surface area contributed by atoms with Gasteiger partial charge in [0, 0.05) is 23.8 Å². The number of ether oxygens (including phenoxy) is 1. The van der Waals surface area contributed by atoms with Crippen LogP contribution in [0.25, 0.3) is 11.4 Å². The van der Waals surface area contributed by atoms with Crippen molar-refractivity contribution in [1.29, 1.82) is 0 Å². The molecule has 9 nitrogen and oxygen atoms in total. The van der Waals surface area contributed by atoms with E-state index in [1.807, 2.05) is 37.3 Å². The molecular formula is C23H29N7O2. The molecule has 1 saturated carbocycles. The number of hydrogen-bond acceptors (Lipinski definition) is 7. The fourth-order valence-corrected chi connectivity index (χ4v) is 4.13. The maximum atomic E-state index is 12.7. The van der Waals surface area contributed by atoms with Gasteiger partial charge >= 0.3 is 0 Å². The van der Waals surface area contributed by atoms with Crippen molar-refractivity contribution in [2.45, 2.75) is 51.7 Å². The van der Waals surface area contributed by atoms with Crippen molar-refractivity contribution in [1.82, 2.24) is 30.5 Å².